The van der Waals surface area contributed by atoms with Gasteiger partial charge in [0, 0.05) is 10.4 Å². The first kappa shape index (κ1) is 13.6. The van der Waals surface area contributed by atoms with Crippen molar-refractivity contribution in [2.75, 3.05) is 0 Å². The zero-order chi connectivity index (χ0) is 14.4. The molecule has 2 aromatic carbocycles. The van der Waals surface area contributed by atoms with E-state index in [1.807, 2.05) is 0 Å². The summed E-state index contributed by atoms with van der Waals surface area (Å²) < 4.78 is 1.19. The van der Waals surface area contributed by atoms with E-state index in [2.05, 4.69) is 80.0 Å². The van der Waals surface area contributed by atoms with E-state index in [1.54, 1.807) is 0 Å². The fraction of sp³-hybridized carbons (Fsp3) is 0.263. The number of rotatable bonds is 1. The number of aryl methyl sites for hydroxylation is 4. The Morgan fingerprint density at radius 2 is 1.50 bits per heavy atom. The van der Waals surface area contributed by atoms with E-state index < -0.39 is 0 Å². The van der Waals surface area contributed by atoms with Gasteiger partial charge in [-0.1, -0.05) is 51.8 Å². The van der Waals surface area contributed by atoms with Crippen molar-refractivity contribution in [3.05, 3.63) is 73.8 Å². The molecule has 0 aromatic heterocycles. The molecule has 1 aliphatic rings. The van der Waals surface area contributed by atoms with Crippen molar-refractivity contribution in [1.82, 2.24) is 0 Å². The average Bonchev–Trinajstić information content (AvgIpc) is 2.72. The maximum atomic E-state index is 3.63. The van der Waals surface area contributed by atoms with Crippen molar-refractivity contribution in [2.24, 2.45) is 0 Å². The molecule has 2 aromatic rings. The molecule has 1 aliphatic carbocycles. The summed E-state index contributed by atoms with van der Waals surface area (Å²) in [5.74, 6) is 0.400. The zero-order valence-corrected chi connectivity index (χ0v) is 14.0. The second-order valence-electron chi connectivity index (χ2n) is 5.88. The normalized spacial score (nSPS) is 16.6. The molecule has 0 bridgehead atoms. The highest BCUT2D eigenvalue weighted by Crippen LogP contribution is 2.40. The van der Waals surface area contributed by atoms with E-state index >= 15 is 0 Å². The van der Waals surface area contributed by atoms with E-state index in [9.17, 15) is 0 Å². The third-order valence-electron chi connectivity index (χ3n) is 4.22. The lowest BCUT2D eigenvalue weighted by atomic mass is 9.85. The minimum absolute atomic E-state index is 0.400. The molecule has 0 radical (unpaired) electrons. The SMILES string of the molecule is Cc1cc(C)c(C2C=Cc3cc(Br)c(C)cc32)c(C)c1. The first-order valence-electron chi connectivity index (χ1n) is 7.03. The van der Waals surface area contributed by atoms with E-state index in [1.165, 1.54) is 43.4 Å². The molecule has 0 nitrogen and oxygen atoms in total. The first-order chi connectivity index (χ1) is 9.47. The minimum atomic E-state index is 0.400. The van der Waals surface area contributed by atoms with Gasteiger partial charge < -0.3 is 0 Å². The minimum Gasteiger partial charge on any atom is -0.0720 e. The molecule has 102 valence electrons. The van der Waals surface area contributed by atoms with Gasteiger partial charge in [-0.25, -0.2) is 0 Å². The van der Waals surface area contributed by atoms with Crippen LogP contribution in [-0.2, 0) is 0 Å². The Morgan fingerprint density at radius 1 is 0.850 bits per heavy atom. The molecule has 0 saturated heterocycles. The van der Waals surface area contributed by atoms with Crippen molar-refractivity contribution in [2.45, 2.75) is 33.6 Å². The summed E-state index contributed by atoms with van der Waals surface area (Å²) in [6.45, 7) is 8.79. The third kappa shape index (κ3) is 2.14. The molecule has 0 amide bonds. The summed E-state index contributed by atoms with van der Waals surface area (Å²) in [6.07, 6.45) is 4.59. The first-order valence-corrected chi connectivity index (χ1v) is 7.82. The highest BCUT2D eigenvalue weighted by Gasteiger charge is 2.23. The van der Waals surface area contributed by atoms with Gasteiger partial charge in [-0.15, -0.1) is 0 Å². The summed E-state index contributed by atoms with van der Waals surface area (Å²) in [4.78, 5) is 0. The van der Waals surface area contributed by atoms with Gasteiger partial charge in [0.25, 0.3) is 0 Å². The van der Waals surface area contributed by atoms with Crippen molar-refractivity contribution >= 4 is 22.0 Å². The van der Waals surface area contributed by atoms with Crippen LogP contribution in [0.5, 0.6) is 0 Å². The lowest BCUT2D eigenvalue weighted by molar-refractivity contribution is 1.000. The van der Waals surface area contributed by atoms with Crippen LogP contribution in [0.4, 0.5) is 0 Å². The molecule has 0 aliphatic heterocycles. The molecule has 0 heterocycles. The highest BCUT2D eigenvalue weighted by atomic mass is 79.9. The van der Waals surface area contributed by atoms with Crippen LogP contribution < -0.4 is 0 Å². The predicted octanol–water partition coefficient (Wildman–Crippen LogP) is 5.84. The Hall–Kier alpha value is -1.34. The number of allylic oxidation sites excluding steroid dienone is 1. The average molecular weight is 327 g/mol. The van der Waals surface area contributed by atoms with Crippen LogP contribution in [0.1, 0.15) is 44.9 Å². The van der Waals surface area contributed by atoms with E-state index in [4.69, 9.17) is 0 Å². The lowest BCUT2D eigenvalue weighted by Gasteiger charge is -2.19. The molecule has 1 unspecified atom stereocenters. The van der Waals surface area contributed by atoms with Gasteiger partial charge in [-0.3, -0.25) is 0 Å². The zero-order valence-electron chi connectivity index (χ0n) is 12.4. The van der Waals surface area contributed by atoms with E-state index in [0.717, 1.165) is 0 Å². The highest BCUT2D eigenvalue weighted by molar-refractivity contribution is 9.10. The number of hydrogen-bond donors (Lipinski definition) is 0. The van der Waals surface area contributed by atoms with Crippen LogP contribution in [0.3, 0.4) is 0 Å². The molecule has 0 N–H and O–H groups in total. The standard InChI is InChI=1S/C19H19Br/c1-11-7-13(3)19(14(4)8-11)16-6-5-15-10-18(20)12(2)9-17(15)16/h5-10,16H,1-4H3. The molecule has 0 saturated carbocycles. The Bertz CT molecular complexity index is 700. The molecule has 1 heteroatoms. The smallest absolute Gasteiger partial charge is 0.0284 e. The van der Waals surface area contributed by atoms with E-state index in [-0.39, 0.29) is 0 Å². The Labute approximate surface area is 129 Å². The Kier molecular flexibility index (Phi) is 3.33. The molecule has 20 heavy (non-hydrogen) atoms. The summed E-state index contributed by atoms with van der Waals surface area (Å²) in [7, 11) is 0. The van der Waals surface area contributed by atoms with Gasteiger partial charge in [0.05, 0.1) is 0 Å². The Balaban J connectivity index is 2.17. The molecular weight excluding hydrogens is 308 g/mol. The van der Waals surface area contributed by atoms with Crippen LogP contribution in [0, 0.1) is 27.7 Å². The molecule has 1 atom stereocenters. The van der Waals surface area contributed by atoms with Crippen molar-refractivity contribution in [3.63, 3.8) is 0 Å². The molecule has 0 fully saturated rings. The summed E-state index contributed by atoms with van der Waals surface area (Å²) in [5.41, 5.74) is 9.67. The second kappa shape index (κ2) is 4.89. The quantitative estimate of drug-likeness (QED) is 0.617. The number of hydrogen-bond acceptors (Lipinski definition) is 0. The van der Waals surface area contributed by atoms with Gasteiger partial charge in [0.1, 0.15) is 0 Å². The maximum Gasteiger partial charge on any atom is 0.0284 e. The predicted molar refractivity (Wildman–Crippen MR) is 90.4 cm³/mol. The van der Waals surface area contributed by atoms with Crippen LogP contribution in [0.2, 0.25) is 0 Å². The summed E-state index contributed by atoms with van der Waals surface area (Å²) in [5, 5.41) is 0. The fourth-order valence-corrected chi connectivity index (χ4v) is 3.73. The number of halogens is 1. The fourth-order valence-electron chi connectivity index (χ4n) is 3.37. The molecular formula is C19H19Br. The third-order valence-corrected chi connectivity index (χ3v) is 5.07. The van der Waals surface area contributed by atoms with Crippen LogP contribution in [0.15, 0.2) is 34.8 Å². The summed E-state index contributed by atoms with van der Waals surface area (Å²) in [6, 6.07) is 9.14. The topological polar surface area (TPSA) is 0 Å². The lowest BCUT2D eigenvalue weighted by Crippen LogP contribution is -2.03. The van der Waals surface area contributed by atoms with Gasteiger partial charge in [0.15, 0.2) is 0 Å². The maximum absolute atomic E-state index is 3.63. The molecule has 0 spiro atoms. The van der Waals surface area contributed by atoms with Gasteiger partial charge >= 0.3 is 0 Å². The summed E-state index contributed by atoms with van der Waals surface area (Å²) >= 11 is 3.63. The van der Waals surface area contributed by atoms with Gasteiger partial charge in [0.2, 0.25) is 0 Å². The van der Waals surface area contributed by atoms with Gasteiger partial charge in [-0.2, -0.15) is 0 Å². The van der Waals surface area contributed by atoms with E-state index in [0.29, 0.717) is 5.92 Å². The van der Waals surface area contributed by atoms with Crippen molar-refractivity contribution in [3.8, 4) is 0 Å². The monoisotopic (exact) mass is 326 g/mol. The number of fused-ring (bicyclic) bond motifs is 1. The van der Waals surface area contributed by atoms with Crippen molar-refractivity contribution < 1.29 is 0 Å². The van der Waals surface area contributed by atoms with Crippen LogP contribution in [0.25, 0.3) is 6.08 Å². The molecule has 3 rings (SSSR count). The van der Waals surface area contributed by atoms with Crippen molar-refractivity contribution in [1.29, 1.82) is 0 Å². The number of benzene rings is 2. The van der Waals surface area contributed by atoms with Gasteiger partial charge in [-0.05, 0) is 67.1 Å². The van der Waals surface area contributed by atoms with Crippen LogP contribution in [-0.4, -0.2) is 0 Å². The van der Waals surface area contributed by atoms with Crippen LogP contribution >= 0.6 is 15.9 Å². The Morgan fingerprint density at radius 3 is 2.15 bits per heavy atom. The largest absolute Gasteiger partial charge is 0.0720 e. The second-order valence-corrected chi connectivity index (χ2v) is 6.73.